The molecule has 0 rings (SSSR count). The van der Waals surface area contributed by atoms with E-state index in [2.05, 4.69) is 0 Å². The number of carbonyl (C=O) groups is 1. The number of halogens is 1. The molecule has 0 fully saturated rings. The molecular weight excluding hydrogens is 136 g/mol. The second-order valence-electron chi connectivity index (χ2n) is 1.54. The SMILES string of the molecule is C.C/C(C=O)=C\CCCl. The Hall–Kier alpha value is -0.300. The molecule has 1 nitrogen and oxygen atoms in total. The molecule has 0 heterocycles. The molecule has 0 atom stereocenters. The minimum Gasteiger partial charge on any atom is -0.298 e. The summed E-state index contributed by atoms with van der Waals surface area (Å²) < 4.78 is 0. The van der Waals surface area contributed by atoms with E-state index < -0.39 is 0 Å². The molecule has 0 unspecified atom stereocenters. The molecule has 0 radical (unpaired) electrons. The average Bonchev–Trinajstić information content (AvgIpc) is 1.83. The molecule has 0 aromatic heterocycles. The van der Waals surface area contributed by atoms with Gasteiger partial charge in [0.1, 0.15) is 6.29 Å². The van der Waals surface area contributed by atoms with Crippen molar-refractivity contribution in [2.45, 2.75) is 20.8 Å². The fourth-order valence-corrected chi connectivity index (χ4v) is 0.439. The topological polar surface area (TPSA) is 17.1 Å². The molecular formula is C7H13ClO. The van der Waals surface area contributed by atoms with E-state index in [9.17, 15) is 4.79 Å². The first-order chi connectivity index (χ1) is 3.81. The van der Waals surface area contributed by atoms with E-state index in [-0.39, 0.29) is 7.43 Å². The molecule has 0 aliphatic rings. The van der Waals surface area contributed by atoms with Gasteiger partial charge in [0.2, 0.25) is 0 Å². The second kappa shape index (κ2) is 7.70. The largest absolute Gasteiger partial charge is 0.298 e. The molecule has 0 N–H and O–H groups in total. The highest BCUT2D eigenvalue weighted by atomic mass is 35.5. The Morgan fingerprint density at radius 3 is 2.56 bits per heavy atom. The zero-order valence-electron chi connectivity index (χ0n) is 4.86. The van der Waals surface area contributed by atoms with Crippen LogP contribution in [0.2, 0.25) is 0 Å². The minimum absolute atomic E-state index is 0. The van der Waals surface area contributed by atoms with Gasteiger partial charge in [0.15, 0.2) is 0 Å². The van der Waals surface area contributed by atoms with Gasteiger partial charge in [-0.2, -0.15) is 0 Å². The van der Waals surface area contributed by atoms with E-state index in [1.165, 1.54) is 0 Å². The summed E-state index contributed by atoms with van der Waals surface area (Å²) in [6, 6.07) is 0. The normalized spacial score (nSPS) is 10.2. The maximum atomic E-state index is 9.90. The van der Waals surface area contributed by atoms with Crippen LogP contribution in [0.25, 0.3) is 0 Å². The first-order valence-electron chi connectivity index (χ1n) is 2.49. The summed E-state index contributed by atoms with van der Waals surface area (Å²) in [7, 11) is 0. The number of allylic oxidation sites excluding steroid dienone is 2. The summed E-state index contributed by atoms with van der Waals surface area (Å²) in [6.07, 6.45) is 3.43. The molecule has 0 bridgehead atoms. The third-order valence-electron chi connectivity index (χ3n) is 0.761. The number of aldehydes is 1. The molecule has 0 saturated carbocycles. The lowest BCUT2D eigenvalue weighted by Crippen LogP contribution is -1.76. The molecule has 2 heteroatoms. The Balaban J connectivity index is 0. The molecule has 0 aromatic rings. The number of rotatable bonds is 3. The molecule has 0 aliphatic carbocycles. The van der Waals surface area contributed by atoms with Gasteiger partial charge in [-0.1, -0.05) is 13.5 Å². The highest BCUT2D eigenvalue weighted by molar-refractivity contribution is 6.17. The summed E-state index contributed by atoms with van der Waals surface area (Å²) >= 11 is 5.34. The van der Waals surface area contributed by atoms with Crippen LogP contribution in [0.3, 0.4) is 0 Å². The van der Waals surface area contributed by atoms with Gasteiger partial charge in [-0.05, 0) is 18.9 Å². The van der Waals surface area contributed by atoms with E-state index >= 15 is 0 Å². The number of alkyl halides is 1. The standard InChI is InChI=1S/C6H9ClO.CH4/c1-6(5-8)3-2-4-7;/h3,5H,2,4H2,1H3;1H4/b6-3+;. The van der Waals surface area contributed by atoms with Crippen LogP contribution in [0.1, 0.15) is 20.8 Å². The van der Waals surface area contributed by atoms with Gasteiger partial charge in [0.25, 0.3) is 0 Å². The zero-order valence-corrected chi connectivity index (χ0v) is 5.61. The number of carbonyl (C=O) groups excluding carboxylic acids is 1. The third-order valence-corrected chi connectivity index (χ3v) is 0.980. The van der Waals surface area contributed by atoms with Gasteiger partial charge in [-0.25, -0.2) is 0 Å². The summed E-state index contributed by atoms with van der Waals surface area (Å²) in [6.45, 7) is 1.76. The molecule has 0 saturated heterocycles. The predicted octanol–water partition coefficient (Wildman–Crippen LogP) is 2.40. The van der Waals surface area contributed by atoms with Gasteiger partial charge in [0, 0.05) is 5.88 Å². The first-order valence-corrected chi connectivity index (χ1v) is 3.02. The lowest BCUT2D eigenvalue weighted by atomic mass is 10.3. The maximum absolute atomic E-state index is 9.90. The van der Waals surface area contributed by atoms with Crippen LogP contribution in [-0.4, -0.2) is 12.2 Å². The predicted molar refractivity (Wildman–Crippen MR) is 41.9 cm³/mol. The maximum Gasteiger partial charge on any atom is 0.145 e. The Morgan fingerprint density at radius 2 is 2.22 bits per heavy atom. The smallest absolute Gasteiger partial charge is 0.145 e. The monoisotopic (exact) mass is 148 g/mol. The van der Waals surface area contributed by atoms with Crippen molar-refractivity contribution >= 4 is 17.9 Å². The molecule has 54 valence electrons. The van der Waals surface area contributed by atoms with E-state index in [1.807, 2.05) is 6.08 Å². The lowest BCUT2D eigenvalue weighted by molar-refractivity contribution is -0.104. The summed E-state index contributed by atoms with van der Waals surface area (Å²) in [5.74, 6) is 0.588. The van der Waals surface area contributed by atoms with Crippen molar-refractivity contribution < 1.29 is 4.79 Å². The highest BCUT2D eigenvalue weighted by Gasteiger charge is 1.80. The van der Waals surface area contributed by atoms with Gasteiger partial charge in [-0.15, -0.1) is 11.6 Å². The van der Waals surface area contributed by atoms with E-state index in [1.54, 1.807) is 6.92 Å². The second-order valence-corrected chi connectivity index (χ2v) is 1.92. The summed E-state index contributed by atoms with van der Waals surface area (Å²) in [5.41, 5.74) is 0.755. The van der Waals surface area contributed by atoms with Gasteiger partial charge in [0.05, 0.1) is 0 Å². The van der Waals surface area contributed by atoms with Crippen molar-refractivity contribution in [3.8, 4) is 0 Å². The van der Waals surface area contributed by atoms with Gasteiger partial charge < -0.3 is 0 Å². The van der Waals surface area contributed by atoms with Crippen LogP contribution >= 0.6 is 11.6 Å². The molecule has 0 spiro atoms. The lowest BCUT2D eigenvalue weighted by Gasteiger charge is -1.83. The van der Waals surface area contributed by atoms with Crippen molar-refractivity contribution in [3.05, 3.63) is 11.6 Å². The Kier molecular flexibility index (Phi) is 9.83. The van der Waals surface area contributed by atoms with Crippen LogP contribution in [0.5, 0.6) is 0 Å². The van der Waals surface area contributed by atoms with E-state index in [4.69, 9.17) is 11.6 Å². The molecule has 0 amide bonds. The van der Waals surface area contributed by atoms with Crippen molar-refractivity contribution in [2.24, 2.45) is 0 Å². The molecule has 9 heavy (non-hydrogen) atoms. The Bertz CT molecular complexity index is 97.1. The highest BCUT2D eigenvalue weighted by Crippen LogP contribution is 1.91. The van der Waals surface area contributed by atoms with Crippen molar-refractivity contribution in [2.75, 3.05) is 5.88 Å². The van der Waals surface area contributed by atoms with E-state index in [0.717, 1.165) is 18.3 Å². The number of hydrogen-bond acceptors (Lipinski definition) is 1. The number of hydrogen-bond donors (Lipinski definition) is 0. The van der Waals surface area contributed by atoms with Crippen molar-refractivity contribution in [1.29, 1.82) is 0 Å². The van der Waals surface area contributed by atoms with Crippen molar-refractivity contribution in [1.82, 2.24) is 0 Å². The minimum atomic E-state index is 0. The van der Waals surface area contributed by atoms with Crippen molar-refractivity contribution in [3.63, 3.8) is 0 Å². The summed E-state index contributed by atoms with van der Waals surface area (Å²) in [4.78, 5) is 9.90. The van der Waals surface area contributed by atoms with Gasteiger partial charge in [-0.3, -0.25) is 4.79 Å². The fourth-order valence-electron chi connectivity index (χ4n) is 0.330. The summed E-state index contributed by atoms with van der Waals surface area (Å²) in [5, 5.41) is 0. The van der Waals surface area contributed by atoms with Gasteiger partial charge >= 0.3 is 0 Å². The quantitative estimate of drug-likeness (QED) is 0.341. The zero-order chi connectivity index (χ0) is 6.41. The average molecular weight is 149 g/mol. The van der Waals surface area contributed by atoms with Crippen LogP contribution in [0.4, 0.5) is 0 Å². The Labute approximate surface area is 61.7 Å². The van der Waals surface area contributed by atoms with Crippen LogP contribution < -0.4 is 0 Å². The molecule has 0 aliphatic heterocycles. The first kappa shape index (κ1) is 11.5. The van der Waals surface area contributed by atoms with Crippen LogP contribution in [0, 0.1) is 0 Å². The molecule has 0 aromatic carbocycles. The Morgan fingerprint density at radius 1 is 1.67 bits per heavy atom. The fraction of sp³-hybridized carbons (Fsp3) is 0.571. The van der Waals surface area contributed by atoms with E-state index in [0.29, 0.717) is 5.88 Å². The third kappa shape index (κ3) is 7.70. The van der Waals surface area contributed by atoms with Crippen LogP contribution in [0.15, 0.2) is 11.6 Å². The van der Waals surface area contributed by atoms with Crippen LogP contribution in [-0.2, 0) is 4.79 Å².